The maximum absolute atomic E-state index is 13.0. The Bertz CT molecular complexity index is 598. The summed E-state index contributed by atoms with van der Waals surface area (Å²) in [5, 5.41) is 0. The molecule has 4 heteroatoms. The van der Waals surface area contributed by atoms with E-state index in [0.29, 0.717) is 23.7 Å². The van der Waals surface area contributed by atoms with Crippen molar-refractivity contribution in [1.29, 1.82) is 0 Å². The van der Waals surface area contributed by atoms with Crippen LogP contribution in [-0.4, -0.2) is 12.5 Å². The molecule has 0 fully saturated rings. The second-order valence-electron chi connectivity index (χ2n) is 4.36. The Kier molecular flexibility index (Phi) is 4.74. The predicted octanol–water partition coefficient (Wildman–Crippen LogP) is 4.23. The Morgan fingerprint density at radius 1 is 1.20 bits per heavy atom. The summed E-state index contributed by atoms with van der Waals surface area (Å²) in [5.41, 5.74) is 2.15. The van der Waals surface area contributed by atoms with Crippen LogP contribution in [0.5, 0.6) is 0 Å². The molecule has 0 atom stereocenters. The molecule has 0 aliphatic carbocycles. The molecule has 0 spiro atoms. The third-order valence-electron chi connectivity index (χ3n) is 3.03. The zero-order valence-corrected chi connectivity index (χ0v) is 11.9. The molecule has 0 saturated carbocycles. The monoisotopic (exact) mass is 291 g/mol. The topological polar surface area (TPSA) is 20.3 Å². The van der Waals surface area contributed by atoms with Crippen LogP contribution in [0.2, 0.25) is 0 Å². The molecular formula is C16H15ClFNO. The molecule has 0 aromatic heterocycles. The van der Waals surface area contributed by atoms with Gasteiger partial charge in [-0.15, -0.1) is 11.6 Å². The predicted molar refractivity (Wildman–Crippen MR) is 79.7 cm³/mol. The van der Waals surface area contributed by atoms with Crippen LogP contribution in [0.25, 0.3) is 0 Å². The second kappa shape index (κ2) is 6.53. The van der Waals surface area contributed by atoms with Crippen molar-refractivity contribution >= 4 is 23.2 Å². The van der Waals surface area contributed by atoms with E-state index in [4.69, 9.17) is 11.6 Å². The Labute approximate surface area is 122 Å². The van der Waals surface area contributed by atoms with Crippen LogP contribution in [0.4, 0.5) is 10.1 Å². The lowest BCUT2D eigenvalue weighted by Gasteiger charge is -2.21. The lowest BCUT2D eigenvalue weighted by Crippen LogP contribution is -2.30. The minimum atomic E-state index is -0.318. The van der Waals surface area contributed by atoms with Crippen LogP contribution in [0.1, 0.15) is 22.8 Å². The Balaban J connectivity index is 2.31. The van der Waals surface area contributed by atoms with Gasteiger partial charge in [0.2, 0.25) is 0 Å². The smallest absolute Gasteiger partial charge is 0.258 e. The number of halogens is 2. The molecule has 104 valence electrons. The maximum atomic E-state index is 13.0. The van der Waals surface area contributed by atoms with Crippen molar-refractivity contribution < 1.29 is 9.18 Å². The molecule has 2 nitrogen and oxygen atoms in total. The first kappa shape index (κ1) is 14.5. The maximum Gasteiger partial charge on any atom is 0.258 e. The van der Waals surface area contributed by atoms with Crippen molar-refractivity contribution in [2.24, 2.45) is 0 Å². The van der Waals surface area contributed by atoms with Gasteiger partial charge in [0, 0.05) is 23.7 Å². The van der Waals surface area contributed by atoms with E-state index in [1.165, 1.54) is 12.1 Å². The van der Waals surface area contributed by atoms with E-state index < -0.39 is 0 Å². The van der Waals surface area contributed by atoms with E-state index in [0.717, 1.165) is 5.56 Å². The average Bonchev–Trinajstić information content (AvgIpc) is 2.50. The third-order valence-corrected chi connectivity index (χ3v) is 3.34. The third kappa shape index (κ3) is 3.17. The molecule has 0 aliphatic heterocycles. The minimum Gasteiger partial charge on any atom is -0.309 e. The van der Waals surface area contributed by atoms with E-state index >= 15 is 0 Å². The van der Waals surface area contributed by atoms with E-state index in [9.17, 15) is 9.18 Å². The van der Waals surface area contributed by atoms with Crippen molar-refractivity contribution in [2.45, 2.75) is 12.8 Å². The molecule has 0 heterocycles. The van der Waals surface area contributed by atoms with E-state index in [1.54, 1.807) is 29.2 Å². The highest BCUT2D eigenvalue weighted by molar-refractivity contribution is 6.17. The molecule has 0 radical (unpaired) electrons. The van der Waals surface area contributed by atoms with Gasteiger partial charge in [-0.1, -0.05) is 12.1 Å². The summed E-state index contributed by atoms with van der Waals surface area (Å²) in [6.07, 6.45) is 0. The fraction of sp³-hybridized carbons (Fsp3) is 0.188. The van der Waals surface area contributed by atoms with Crippen LogP contribution in [0, 0.1) is 5.82 Å². The highest BCUT2D eigenvalue weighted by Gasteiger charge is 2.16. The summed E-state index contributed by atoms with van der Waals surface area (Å²) in [6.45, 7) is 2.39. The summed E-state index contributed by atoms with van der Waals surface area (Å²) in [4.78, 5) is 14.1. The standard InChI is InChI=1S/C16H15ClFNO/c1-2-19(15-8-6-14(18)7-9-15)16(20)13-5-3-4-12(10-13)11-17/h3-10H,2,11H2,1H3. The van der Waals surface area contributed by atoms with Gasteiger partial charge in [-0.2, -0.15) is 0 Å². The Hall–Kier alpha value is -1.87. The molecule has 2 aromatic carbocycles. The number of carbonyl (C=O) groups excluding carboxylic acids is 1. The molecule has 0 N–H and O–H groups in total. The number of rotatable bonds is 4. The molecule has 0 aliphatic rings. The molecule has 0 saturated heterocycles. The fourth-order valence-corrected chi connectivity index (χ4v) is 2.17. The van der Waals surface area contributed by atoms with Crippen LogP contribution >= 0.6 is 11.6 Å². The van der Waals surface area contributed by atoms with Gasteiger partial charge in [-0.05, 0) is 48.9 Å². The SMILES string of the molecule is CCN(C(=O)c1cccc(CCl)c1)c1ccc(F)cc1. The molecule has 0 bridgehead atoms. The van der Waals surface area contributed by atoms with Crippen molar-refractivity contribution in [2.75, 3.05) is 11.4 Å². The lowest BCUT2D eigenvalue weighted by atomic mass is 10.1. The number of anilines is 1. The quantitative estimate of drug-likeness (QED) is 0.772. The zero-order valence-electron chi connectivity index (χ0n) is 11.1. The van der Waals surface area contributed by atoms with Gasteiger partial charge in [0.05, 0.1) is 0 Å². The highest BCUT2D eigenvalue weighted by atomic mass is 35.5. The number of hydrogen-bond donors (Lipinski definition) is 0. The molecular weight excluding hydrogens is 277 g/mol. The van der Waals surface area contributed by atoms with Gasteiger partial charge >= 0.3 is 0 Å². The first-order chi connectivity index (χ1) is 9.65. The second-order valence-corrected chi connectivity index (χ2v) is 4.63. The van der Waals surface area contributed by atoms with Crippen LogP contribution in [0.3, 0.4) is 0 Å². The van der Waals surface area contributed by atoms with Crippen LogP contribution in [-0.2, 0) is 5.88 Å². The van der Waals surface area contributed by atoms with Crippen molar-refractivity contribution in [3.05, 3.63) is 65.5 Å². The van der Waals surface area contributed by atoms with Crippen molar-refractivity contribution in [3.63, 3.8) is 0 Å². The molecule has 1 amide bonds. The first-order valence-electron chi connectivity index (χ1n) is 6.38. The van der Waals surface area contributed by atoms with E-state index in [-0.39, 0.29) is 11.7 Å². The largest absolute Gasteiger partial charge is 0.309 e. The van der Waals surface area contributed by atoms with Gasteiger partial charge < -0.3 is 4.90 Å². The van der Waals surface area contributed by atoms with Gasteiger partial charge in [0.1, 0.15) is 5.82 Å². The summed E-state index contributed by atoms with van der Waals surface area (Å²) in [6, 6.07) is 13.1. The zero-order chi connectivity index (χ0) is 14.5. The Morgan fingerprint density at radius 3 is 2.50 bits per heavy atom. The van der Waals surface area contributed by atoms with Crippen molar-refractivity contribution in [3.8, 4) is 0 Å². The minimum absolute atomic E-state index is 0.119. The van der Waals surface area contributed by atoms with Gasteiger partial charge in [-0.25, -0.2) is 4.39 Å². The van der Waals surface area contributed by atoms with Gasteiger partial charge in [-0.3, -0.25) is 4.79 Å². The van der Waals surface area contributed by atoms with Crippen molar-refractivity contribution in [1.82, 2.24) is 0 Å². The summed E-state index contributed by atoms with van der Waals surface area (Å²) < 4.78 is 13.0. The number of alkyl halides is 1. The molecule has 0 unspecified atom stereocenters. The number of nitrogens with zero attached hydrogens (tertiary/aromatic N) is 1. The molecule has 2 aromatic rings. The lowest BCUT2D eigenvalue weighted by molar-refractivity contribution is 0.0988. The summed E-state index contributed by atoms with van der Waals surface area (Å²) >= 11 is 5.78. The van der Waals surface area contributed by atoms with E-state index in [2.05, 4.69) is 0 Å². The van der Waals surface area contributed by atoms with E-state index in [1.807, 2.05) is 19.1 Å². The Morgan fingerprint density at radius 2 is 1.90 bits per heavy atom. The normalized spacial score (nSPS) is 10.3. The number of benzene rings is 2. The molecule has 2 rings (SSSR count). The highest BCUT2D eigenvalue weighted by Crippen LogP contribution is 2.18. The van der Waals surface area contributed by atoms with Gasteiger partial charge in [0.25, 0.3) is 5.91 Å². The summed E-state index contributed by atoms with van der Waals surface area (Å²) in [5.74, 6) is -0.0727. The molecule has 20 heavy (non-hydrogen) atoms. The number of hydrogen-bond acceptors (Lipinski definition) is 1. The number of amides is 1. The van der Waals surface area contributed by atoms with Gasteiger partial charge in [0.15, 0.2) is 0 Å². The van der Waals surface area contributed by atoms with Crippen LogP contribution in [0.15, 0.2) is 48.5 Å². The van der Waals surface area contributed by atoms with Crippen LogP contribution < -0.4 is 4.90 Å². The summed E-state index contributed by atoms with van der Waals surface area (Å²) in [7, 11) is 0. The number of carbonyl (C=O) groups is 1. The first-order valence-corrected chi connectivity index (χ1v) is 6.91. The fourth-order valence-electron chi connectivity index (χ4n) is 2.01. The average molecular weight is 292 g/mol.